The molecule has 1 atom stereocenters. The first kappa shape index (κ1) is 11.1. The molecule has 0 aromatic heterocycles. The molecule has 2 rings (SSSR count). The van der Waals surface area contributed by atoms with E-state index < -0.39 is 0 Å². The van der Waals surface area contributed by atoms with Gasteiger partial charge in [-0.15, -0.1) is 0 Å². The van der Waals surface area contributed by atoms with Crippen LogP contribution in [0.3, 0.4) is 0 Å². The van der Waals surface area contributed by atoms with Crippen molar-refractivity contribution < 1.29 is 13.9 Å². The molecule has 1 saturated heterocycles. The van der Waals surface area contributed by atoms with Crippen LogP contribution in [-0.4, -0.2) is 36.6 Å². The average molecular weight is 223 g/mol. The van der Waals surface area contributed by atoms with E-state index >= 15 is 0 Å². The van der Waals surface area contributed by atoms with Gasteiger partial charge in [0.15, 0.2) is 0 Å². The van der Waals surface area contributed by atoms with Crippen LogP contribution in [0.2, 0.25) is 0 Å². The molecule has 0 radical (unpaired) electrons. The second-order valence-corrected chi connectivity index (χ2v) is 3.93. The van der Waals surface area contributed by atoms with Gasteiger partial charge in [0, 0.05) is 12.1 Å². The number of carbonyl (C=O) groups is 1. The van der Waals surface area contributed by atoms with Crippen molar-refractivity contribution in [2.24, 2.45) is 0 Å². The molecule has 0 spiro atoms. The molecule has 1 aromatic carbocycles. The van der Waals surface area contributed by atoms with Gasteiger partial charge in [0.1, 0.15) is 5.82 Å². The molecule has 0 N–H and O–H groups in total. The van der Waals surface area contributed by atoms with E-state index in [-0.39, 0.29) is 17.8 Å². The van der Waals surface area contributed by atoms with Gasteiger partial charge < -0.3 is 9.64 Å². The van der Waals surface area contributed by atoms with E-state index in [9.17, 15) is 9.18 Å². The summed E-state index contributed by atoms with van der Waals surface area (Å²) in [5, 5.41) is 0. The van der Waals surface area contributed by atoms with Gasteiger partial charge >= 0.3 is 0 Å². The first-order valence-corrected chi connectivity index (χ1v) is 5.33. The molecule has 3 nitrogen and oxygen atoms in total. The van der Waals surface area contributed by atoms with Gasteiger partial charge in [-0.2, -0.15) is 0 Å². The molecular formula is C12H14FNO2. The number of nitrogens with zero attached hydrogens (tertiary/aromatic N) is 1. The fourth-order valence-electron chi connectivity index (χ4n) is 1.79. The number of morpholine rings is 1. The van der Waals surface area contributed by atoms with Gasteiger partial charge in [-0.1, -0.05) is 0 Å². The SMILES string of the molecule is C[C@H]1COCCN1C(=O)c1ccc(F)cc1. The summed E-state index contributed by atoms with van der Waals surface area (Å²) in [5.41, 5.74) is 0.523. The number of carbonyl (C=O) groups excluding carboxylic acids is 1. The normalized spacial score (nSPS) is 20.9. The highest BCUT2D eigenvalue weighted by atomic mass is 19.1. The highest BCUT2D eigenvalue weighted by Gasteiger charge is 2.24. The second-order valence-electron chi connectivity index (χ2n) is 3.93. The Hall–Kier alpha value is -1.42. The summed E-state index contributed by atoms with van der Waals surface area (Å²) in [7, 11) is 0. The van der Waals surface area contributed by atoms with Crippen LogP contribution >= 0.6 is 0 Å². The van der Waals surface area contributed by atoms with Crippen molar-refractivity contribution in [1.82, 2.24) is 4.90 Å². The van der Waals surface area contributed by atoms with Gasteiger partial charge in [0.25, 0.3) is 5.91 Å². The number of hydrogen-bond donors (Lipinski definition) is 0. The van der Waals surface area contributed by atoms with Gasteiger partial charge in [-0.25, -0.2) is 4.39 Å². The molecule has 1 amide bonds. The highest BCUT2D eigenvalue weighted by Crippen LogP contribution is 2.12. The summed E-state index contributed by atoms with van der Waals surface area (Å²) in [6, 6.07) is 5.71. The van der Waals surface area contributed by atoms with Crippen molar-refractivity contribution in [3.8, 4) is 0 Å². The van der Waals surface area contributed by atoms with Crippen molar-refractivity contribution in [3.05, 3.63) is 35.6 Å². The van der Waals surface area contributed by atoms with Crippen molar-refractivity contribution in [2.75, 3.05) is 19.8 Å². The molecule has 0 aliphatic carbocycles. The molecule has 1 fully saturated rings. The van der Waals surface area contributed by atoms with E-state index in [0.717, 1.165) is 0 Å². The Morgan fingerprint density at radius 3 is 2.75 bits per heavy atom. The third kappa shape index (κ3) is 2.22. The summed E-state index contributed by atoms with van der Waals surface area (Å²) in [5.74, 6) is -0.387. The molecule has 1 heterocycles. The van der Waals surface area contributed by atoms with Crippen molar-refractivity contribution in [3.63, 3.8) is 0 Å². The van der Waals surface area contributed by atoms with E-state index in [1.165, 1.54) is 24.3 Å². The van der Waals surface area contributed by atoms with E-state index in [1.54, 1.807) is 4.90 Å². The lowest BCUT2D eigenvalue weighted by molar-refractivity contribution is 0.00359. The topological polar surface area (TPSA) is 29.5 Å². The Labute approximate surface area is 93.8 Å². The lowest BCUT2D eigenvalue weighted by Gasteiger charge is -2.33. The summed E-state index contributed by atoms with van der Waals surface area (Å²) in [6.45, 7) is 3.67. The molecule has 16 heavy (non-hydrogen) atoms. The maximum Gasteiger partial charge on any atom is 0.254 e. The minimum absolute atomic E-state index is 0.0594. The van der Waals surface area contributed by atoms with Crippen LogP contribution in [0.4, 0.5) is 4.39 Å². The van der Waals surface area contributed by atoms with Crippen LogP contribution in [0.5, 0.6) is 0 Å². The van der Waals surface area contributed by atoms with Crippen LogP contribution in [0, 0.1) is 5.82 Å². The number of benzene rings is 1. The van der Waals surface area contributed by atoms with Crippen LogP contribution < -0.4 is 0 Å². The smallest absolute Gasteiger partial charge is 0.254 e. The summed E-state index contributed by atoms with van der Waals surface area (Å²) >= 11 is 0. The third-order valence-electron chi connectivity index (χ3n) is 2.72. The molecule has 1 aromatic rings. The number of halogens is 1. The van der Waals surface area contributed by atoms with Crippen LogP contribution in [0.25, 0.3) is 0 Å². The minimum Gasteiger partial charge on any atom is -0.377 e. The van der Waals surface area contributed by atoms with Crippen molar-refractivity contribution in [2.45, 2.75) is 13.0 Å². The van der Waals surface area contributed by atoms with Gasteiger partial charge in [-0.3, -0.25) is 4.79 Å². The predicted octanol–water partition coefficient (Wildman–Crippen LogP) is 1.69. The van der Waals surface area contributed by atoms with Crippen LogP contribution in [-0.2, 0) is 4.74 Å². The van der Waals surface area contributed by atoms with Gasteiger partial charge in [0.2, 0.25) is 0 Å². The molecule has 0 bridgehead atoms. The molecule has 0 saturated carbocycles. The summed E-state index contributed by atoms with van der Waals surface area (Å²) in [4.78, 5) is 13.8. The summed E-state index contributed by atoms with van der Waals surface area (Å²) in [6.07, 6.45) is 0. The maximum atomic E-state index is 12.7. The standard InChI is InChI=1S/C12H14FNO2/c1-9-8-16-7-6-14(9)12(15)10-2-4-11(13)5-3-10/h2-5,9H,6-8H2,1H3/t9-/m0/s1. The molecule has 4 heteroatoms. The minimum atomic E-state index is -0.327. The lowest BCUT2D eigenvalue weighted by Crippen LogP contribution is -2.47. The predicted molar refractivity (Wildman–Crippen MR) is 57.7 cm³/mol. The van der Waals surface area contributed by atoms with E-state index in [1.807, 2.05) is 6.92 Å². The van der Waals surface area contributed by atoms with E-state index in [0.29, 0.717) is 25.3 Å². The molecule has 0 unspecified atom stereocenters. The van der Waals surface area contributed by atoms with E-state index in [2.05, 4.69) is 0 Å². The van der Waals surface area contributed by atoms with Crippen molar-refractivity contribution in [1.29, 1.82) is 0 Å². The molecule has 1 aliphatic heterocycles. The monoisotopic (exact) mass is 223 g/mol. The van der Waals surface area contributed by atoms with Gasteiger partial charge in [0.05, 0.1) is 19.3 Å². The second kappa shape index (κ2) is 4.61. The van der Waals surface area contributed by atoms with E-state index in [4.69, 9.17) is 4.74 Å². The van der Waals surface area contributed by atoms with Crippen LogP contribution in [0.1, 0.15) is 17.3 Å². The molecule has 86 valence electrons. The number of rotatable bonds is 1. The Kier molecular flexibility index (Phi) is 3.19. The fraction of sp³-hybridized carbons (Fsp3) is 0.417. The largest absolute Gasteiger partial charge is 0.377 e. The first-order chi connectivity index (χ1) is 7.68. The zero-order valence-electron chi connectivity index (χ0n) is 9.15. The average Bonchev–Trinajstić information content (AvgIpc) is 2.30. The summed E-state index contributed by atoms with van der Waals surface area (Å²) < 4.78 is 18.0. The zero-order chi connectivity index (χ0) is 11.5. The number of ether oxygens (including phenoxy) is 1. The zero-order valence-corrected chi connectivity index (χ0v) is 9.15. The Morgan fingerprint density at radius 1 is 1.44 bits per heavy atom. The van der Waals surface area contributed by atoms with Gasteiger partial charge in [-0.05, 0) is 31.2 Å². The molecule has 1 aliphatic rings. The lowest BCUT2D eigenvalue weighted by atomic mass is 10.1. The Bertz CT molecular complexity index is 377. The number of hydrogen-bond acceptors (Lipinski definition) is 2. The Morgan fingerprint density at radius 2 is 2.12 bits per heavy atom. The maximum absolute atomic E-state index is 12.7. The highest BCUT2D eigenvalue weighted by molar-refractivity contribution is 5.94. The fourth-order valence-corrected chi connectivity index (χ4v) is 1.79. The van der Waals surface area contributed by atoms with Crippen LogP contribution in [0.15, 0.2) is 24.3 Å². The first-order valence-electron chi connectivity index (χ1n) is 5.33. The quantitative estimate of drug-likeness (QED) is 0.725. The third-order valence-corrected chi connectivity index (χ3v) is 2.72. The van der Waals surface area contributed by atoms with Crippen molar-refractivity contribution >= 4 is 5.91 Å². The number of amides is 1. The Balaban J connectivity index is 2.14. The molecular weight excluding hydrogens is 209 g/mol.